The molecule has 0 saturated carbocycles. The number of amides is 1. The van der Waals surface area contributed by atoms with Gasteiger partial charge in [-0.1, -0.05) is 65.7 Å². The lowest BCUT2D eigenvalue weighted by Crippen LogP contribution is -2.37. The van der Waals surface area contributed by atoms with Gasteiger partial charge in [0.15, 0.2) is 19.3 Å². The molecule has 0 saturated heterocycles. The number of hydrogen-bond acceptors (Lipinski definition) is 9. The zero-order valence-electron chi connectivity index (χ0n) is 36.0. The van der Waals surface area contributed by atoms with E-state index in [4.69, 9.17) is 42.1 Å². The first-order valence-corrected chi connectivity index (χ1v) is 23.0. The Morgan fingerprint density at radius 2 is 1.57 bits per heavy atom. The number of likely N-dealkylation sites (N-methyl/N-ethyl adjacent to an activating group) is 1. The van der Waals surface area contributed by atoms with Gasteiger partial charge < -0.3 is 38.7 Å². The highest BCUT2D eigenvalue weighted by molar-refractivity contribution is 7.99. The first kappa shape index (κ1) is 44.0. The lowest BCUT2D eigenvalue weighted by atomic mass is 10.0. The molecule has 0 fully saturated rings. The van der Waals surface area contributed by atoms with Gasteiger partial charge in [0.25, 0.3) is 5.91 Å². The van der Waals surface area contributed by atoms with Crippen molar-refractivity contribution in [3.8, 4) is 22.8 Å². The Morgan fingerprint density at radius 3 is 2.37 bits per heavy atom. The van der Waals surface area contributed by atoms with Crippen LogP contribution in [0.1, 0.15) is 35.8 Å². The molecule has 2 aromatic heterocycles. The number of rotatable bonds is 16. The molecule has 2 N–H and O–H groups in total. The van der Waals surface area contributed by atoms with Crippen molar-refractivity contribution in [3.05, 3.63) is 136 Å². The molecule has 0 radical (unpaired) electrons. The second-order valence-corrected chi connectivity index (χ2v) is 18.1. The molecule has 2 unspecified atom stereocenters. The number of carbonyl (C=O) groups is 3. The topological polar surface area (TPSA) is 124 Å². The zero-order chi connectivity index (χ0) is 45.2. The number of methoxy groups -OCH3 is 1. The number of thioether (sulfide) groups is 1. The number of halogens is 2. The van der Waals surface area contributed by atoms with Crippen molar-refractivity contribution >= 4 is 96.3 Å². The van der Waals surface area contributed by atoms with Gasteiger partial charge in [-0.25, -0.2) is 9.59 Å². The summed E-state index contributed by atoms with van der Waals surface area (Å²) in [7, 11) is 3.45. The fourth-order valence-electron chi connectivity index (χ4n) is 8.78. The summed E-state index contributed by atoms with van der Waals surface area (Å²) in [5.41, 5.74) is 7.19. The van der Waals surface area contributed by atoms with Crippen molar-refractivity contribution in [2.45, 2.75) is 36.1 Å². The van der Waals surface area contributed by atoms with Gasteiger partial charge in [0, 0.05) is 77.0 Å². The molecular weight excluding hydrogens is 884 g/mol. The van der Waals surface area contributed by atoms with Crippen LogP contribution in [0.5, 0.6) is 11.5 Å². The van der Waals surface area contributed by atoms with E-state index in [0.29, 0.717) is 33.7 Å². The van der Waals surface area contributed by atoms with E-state index >= 15 is 0 Å². The second kappa shape index (κ2) is 19.1. The van der Waals surface area contributed by atoms with Crippen LogP contribution in [0, 0.1) is 0 Å². The van der Waals surface area contributed by atoms with Crippen molar-refractivity contribution in [1.82, 2.24) is 19.8 Å². The van der Waals surface area contributed by atoms with Gasteiger partial charge in [0.2, 0.25) is 0 Å². The Kier molecular flexibility index (Phi) is 13.0. The molecule has 6 aromatic carbocycles. The van der Waals surface area contributed by atoms with E-state index in [1.807, 2.05) is 72.8 Å². The maximum Gasteiger partial charge on any atom is 0.344 e. The number of fused-ring (bicyclic) bond motifs is 10. The van der Waals surface area contributed by atoms with Gasteiger partial charge >= 0.3 is 11.9 Å². The van der Waals surface area contributed by atoms with Gasteiger partial charge in [-0.3, -0.25) is 4.79 Å². The zero-order valence-corrected chi connectivity index (χ0v) is 38.3. The molecule has 9 rings (SSSR count). The Balaban J connectivity index is 0.931. The molecule has 8 aromatic rings. The Bertz CT molecular complexity index is 3100. The van der Waals surface area contributed by atoms with Gasteiger partial charge in [0.1, 0.15) is 11.5 Å². The number of H-pyrrole nitrogens is 1. The number of carbonyl (C=O) groups excluding carboxylic acids is 3. The average molecular weight is 930 g/mol. The van der Waals surface area contributed by atoms with Crippen LogP contribution in [-0.2, 0) is 30.4 Å². The number of aryl methyl sites for hydroxylation is 1. The number of nitrogens with one attached hydrogen (secondary N) is 2. The van der Waals surface area contributed by atoms with Crippen LogP contribution in [0.3, 0.4) is 0 Å². The lowest BCUT2D eigenvalue weighted by Gasteiger charge is -2.29. The molecule has 1 aliphatic rings. The third kappa shape index (κ3) is 9.22. The third-order valence-corrected chi connectivity index (χ3v) is 13.4. The predicted molar refractivity (Wildman–Crippen MR) is 258 cm³/mol. The molecule has 0 bridgehead atoms. The van der Waals surface area contributed by atoms with Crippen molar-refractivity contribution < 1.29 is 33.3 Å². The molecule has 0 aliphatic carbocycles. The maximum atomic E-state index is 13.0. The summed E-state index contributed by atoms with van der Waals surface area (Å²) in [6, 6.07) is 36.0. The summed E-state index contributed by atoms with van der Waals surface area (Å²) in [4.78, 5) is 44.7. The standard InChI is InChI=1S/C51H46Cl2N4O7S/c1-4-62-46(59)29-64-35-15-18-38-43(26-35)65-44(47-40-25-32(52)12-19-41(40)54-49(38)47)27-56(2)21-8-22-57-42-20-13-33(53)24-39(42)37-16-11-31-23-34(14-17-36(31)50(37)57)63-28-45(58)55-48(51(60)61-3)30-9-6-5-7-10-30/h5-7,9-20,23-26,44,48,54H,4,8,21-22,27-29H2,1-3H3,(H,55,58). The summed E-state index contributed by atoms with van der Waals surface area (Å²) in [5, 5.41) is 9.45. The summed E-state index contributed by atoms with van der Waals surface area (Å²) in [5.74, 6) is -0.285. The highest BCUT2D eigenvalue weighted by atomic mass is 35.5. The number of ether oxygens (including phenoxy) is 4. The van der Waals surface area contributed by atoms with Crippen LogP contribution in [0.15, 0.2) is 120 Å². The van der Waals surface area contributed by atoms with Crippen molar-refractivity contribution in [2.75, 3.05) is 47.1 Å². The van der Waals surface area contributed by atoms with Gasteiger partial charge in [-0.15, -0.1) is 11.8 Å². The van der Waals surface area contributed by atoms with Gasteiger partial charge in [0.05, 0.1) is 24.9 Å². The smallest absolute Gasteiger partial charge is 0.344 e. The minimum Gasteiger partial charge on any atom is -0.484 e. The van der Waals surface area contributed by atoms with Crippen LogP contribution in [0.4, 0.5) is 0 Å². The van der Waals surface area contributed by atoms with Crippen LogP contribution in [0.25, 0.3) is 54.7 Å². The predicted octanol–water partition coefficient (Wildman–Crippen LogP) is 10.9. The van der Waals surface area contributed by atoms with Crippen LogP contribution >= 0.6 is 35.0 Å². The second-order valence-electron chi connectivity index (χ2n) is 16.0. The SMILES string of the molecule is CCOC(=O)COc1ccc2c(c1)SC(CN(C)CCCn1c3ccc(Cl)cc3c3ccc4cc(OCC(=O)NC(C(=O)OC)c5ccccc5)ccc4c31)c1c-2[nH]c2ccc(Cl)cc12. The average Bonchev–Trinajstić information content (AvgIpc) is 3.84. The number of hydrogen-bond donors (Lipinski definition) is 2. The lowest BCUT2D eigenvalue weighted by molar-refractivity contribution is -0.146. The van der Waals surface area contributed by atoms with E-state index in [1.54, 1.807) is 43.0 Å². The third-order valence-electron chi connectivity index (χ3n) is 11.7. The first-order chi connectivity index (χ1) is 31.6. The molecule has 65 heavy (non-hydrogen) atoms. The number of aromatic amines is 1. The normalized spacial score (nSPS) is 13.8. The molecule has 1 aliphatic heterocycles. The fraction of sp³-hybridized carbons (Fsp3) is 0.235. The highest BCUT2D eigenvalue weighted by Crippen LogP contribution is 2.52. The maximum absolute atomic E-state index is 13.0. The molecular formula is C51H46Cl2N4O7S. The van der Waals surface area contributed by atoms with E-state index in [-0.39, 0.29) is 18.5 Å². The monoisotopic (exact) mass is 928 g/mol. The highest BCUT2D eigenvalue weighted by Gasteiger charge is 2.31. The van der Waals surface area contributed by atoms with E-state index < -0.39 is 23.9 Å². The van der Waals surface area contributed by atoms with E-state index in [2.05, 4.69) is 45.0 Å². The minimum absolute atomic E-state index is 0.0787. The summed E-state index contributed by atoms with van der Waals surface area (Å²) in [6.45, 7) is 3.99. The molecule has 11 nitrogen and oxygen atoms in total. The minimum atomic E-state index is -0.951. The summed E-state index contributed by atoms with van der Waals surface area (Å²) >= 11 is 14.9. The van der Waals surface area contributed by atoms with Crippen LogP contribution in [0.2, 0.25) is 10.0 Å². The number of aromatic nitrogens is 2. The van der Waals surface area contributed by atoms with Gasteiger partial charge in [-0.2, -0.15) is 0 Å². The van der Waals surface area contributed by atoms with Crippen LogP contribution in [-0.4, -0.2) is 79.4 Å². The molecule has 332 valence electrons. The number of nitrogens with zero attached hydrogens (tertiary/aromatic N) is 2. The first-order valence-electron chi connectivity index (χ1n) is 21.4. The van der Waals surface area contributed by atoms with Gasteiger partial charge in [-0.05, 0) is 111 Å². The number of esters is 2. The molecule has 0 spiro atoms. The van der Waals surface area contributed by atoms with Crippen LogP contribution < -0.4 is 14.8 Å². The van der Waals surface area contributed by atoms with E-state index in [9.17, 15) is 14.4 Å². The molecule has 1 amide bonds. The molecule has 2 atom stereocenters. The Hall–Kier alpha value is -6.18. The largest absolute Gasteiger partial charge is 0.484 e. The molecule has 14 heteroatoms. The van der Waals surface area contributed by atoms with Crippen molar-refractivity contribution in [2.24, 2.45) is 0 Å². The fourth-order valence-corrected chi connectivity index (χ4v) is 10.6. The summed E-state index contributed by atoms with van der Waals surface area (Å²) < 4.78 is 24.2. The van der Waals surface area contributed by atoms with Crippen molar-refractivity contribution in [1.29, 1.82) is 0 Å². The molecule has 3 heterocycles. The van der Waals surface area contributed by atoms with E-state index in [0.717, 1.165) is 85.7 Å². The quantitative estimate of drug-likeness (QED) is 0.0912. The Morgan fingerprint density at radius 1 is 0.831 bits per heavy atom. The van der Waals surface area contributed by atoms with Crippen molar-refractivity contribution in [3.63, 3.8) is 0 Å². The van der Waals surface area contributed by atoms with E-state index in [1.165, 1.54) is 12.7 Å². The summed E-state index contributed by atoms with van der Waals surface area (Å²) in [6.07, 6.45) is 0.868. The number of benzene rings is 6. The Labute approximate surface area is 389 Å².